The molecule has 2 N–H and O–H groups in total. The van der Waals surface area contributed by atoms with Gasteiger partial charge in [-0.3, -0.25) is 14.4 Å². The van der Waals surface area contributed by atoms with Crippen molar-refractivity contribution in [3.63, 3.8) is 0 Å². The van der Waals surface area contributed by atoms with E-state index < -0.39 is 0 Å². The molecule has 7 nitrogen and oxygen atoms in total. The number of amides is 3. The van der Waals surface area contributed by atoms with Gasteiger partial charge in [-0.15, -0.1) is 0 Å². The molecular weight excluding hydrogens is 298 g/mol. The summed E-state index contributed by atoms with van der Waals surface area (Å²) >= 11 is 0. The average molecular weight is 319 g/mol. The minimum absolute atomic E-state index is 0.0383. The van der Waals surface area contributed by atoms with Gasteiger partial charge in [0.1, 0.15) is 5.76 Å². The quantitative estimate of drug-likeness (QED) is 0.706. The second kappa shape index (κ2) is 6.85. The fourth-order valence-electron chi connectivity index (χ4n) is 2.70. The zero-order chi connectivity index (χ0) is 16.2. The summed E-state index contributed by atoms with van der Waals surface area (Å²) in [6.07, 6.45) is 3.72. The van der Waals surface area contributed by atoms with Crippen molar-refractivity contribution in [3.8, 4) is 0 Å². The summed E-state index contributed by atoms with van der Waals surface area (Å²) in [5, 5.41) is 5.58. The molecule has 2 heterocycles. The van der Waals surface area contributed by atoms with Crippen LogP contribution in [0.2, 0.25) is 0 Å². The Labute approximate surface area is 134 Å². The number of hydrogen-bond acceptors (Lipinski definition) is 4. The van der Waals surface area contributed by atoms with Gasteiger partial charge in [-0.05, 0) is 25.0 Å². The largest absolute Gasteiger partial charge is 0.467 e. The maximum absolute atomic E-state index is 12.1. The molecular formula is C16H21N3O4. The number of likely N-dealkylation sites (tertiary alicyclic amines) is 1. The number of furan rings is 1. The van der Waals surface area contributed by atoms with Gasteiger partial charge in [0.25, 0.3) is 0 Å². The van der Waals surface area contributed by atoms with Crippen LogP contribution in [0.3, 0.4) is 0 Å². The number of rotatable bonds is 7. The standard InChI is InChI=1S/C16H21N3O4/c20-14-8-12(9-19(14)10-13-2-1-7-23-13)16(22)18-6-5-17-15(21)11-3-4-11/h1-2,7,11-12H,3-6,8-10H2,(H,17,21)(H,18,22). The van der Waals surface area contributed by atoms with E-state index in [9.17, 15) is 14.4 Å². The molecule has 2 aliphatic rings. The smallest absolute Gasteiger partial charge is 0.225 e. The van der Waals surface area contributed by atoms with Crippen LogP contribution < -0.4 is 10.6 Å². The van der Waals surface area contributed by atoms with Crippen molar-refractivity contribution >= 4 is 17.7 Å². The van der Waals surface area contributed by atoms with Crippen LogP contribution in [0.25, 0.3) is 0 Å². The third kappa shape index (κ3) is 4.12. The maximum atomic E-state index is 12.1. The summed E-state index contributed by atoms with van der Waals surface area (Å²) in [7, 11) is 0. The summed E-state index contributed by atoms with van der Waals surface area (Å²) in [5.41, 5.74) is 0. The number of nitrogens with one attached hydrogen (secondary N) is 2. The van der Waals surface area contributed by atoms with Gasteiger partial charge in [0.05, 0.1) is 18.7 Å². The molecule has 1 aromatic heterocycles. The third-order valence-electron chi connectivity index (χ3n) is 4.18. The molecule has 1 saturated carbocycles. The molecule has 0 bridgehead atoms. The monoisotopic (exact) mass is 319 g/mol. The highest BCUT2D eigenvalue weighted by Crippen LogP contribution is 2.28. The Kier molecular flexibility index (Phi) is 4.64. The van der Waals surface area contributed by atoms with Gasteiger partial charge in [0, 0.05) is 32.0 Å². The lowest BCUT2D eigenvalue weighted by Crippen LogP contribution is -2.38. The Hall–Kier alpha value is -2.31. The Morgan fingerprint density at radius 1 is 1.17 bits per heavy atom. The van der Waals surface area contributed by atoms with Crippen LogP contribution in [0.4, 0.5) is 0 Å². The summed E-state index contributed by atoms with van der Waals surface area (Å²) in [5.74, 6) is 0.441. The molecule has 1 aliphatic carbocycles. The number of nitrogens with zero attached hydrogens (tertiary/aromatic N) is 1. The van der Waals surface area contributed by atoms with Gasteiger partial charge in [0.15, 0.2) is 0 Å². The minimum Gasteiger partial charge on any atom is -0.467 e. The first-order chi connectivity index (χ1) is 11.1. The van der Waals surface area contributed by atoms with Crippen LogP contribution in [0.5, 0.6) is 0 Å². The number of carbonyl (C=O) groups is 3. The molecule has 1 atom stereocenters. The Bertz CT molecular complexity index is 580. The van der Waals surface area contributed by atoms with E-state index >= 15 is 0 Å². The van der Waals surface area contributed by atoms with Gasteiger partial charge in [0.2, 0.25) is 17.7 Å². The van der Waals surface area contributed by atoms with Crippen LogP contribution in [-0.2, 0) is 20.9 Å². The predicted molar refractivity (Wildman–Crippen MR) is 81.0 cm³/mol. The van der Waals surface area contributed by atoms with Gasteiger partial charge >= 0.3 is 0 Å². The van der Waals surface area contributed by atoms with E-state index in [1.54, 1.807) is 17.2 Å². The molecule has 0 spiro atoms. The average Bonchev–Trinajstić information content (AvgIpc) is 3.15. The molecule has 0 radical (unpaired) electrons. The minimum atomic E-state index is -0.336. The molecule has 2 fully saturated rings. The summed E-state index contributed by atoms with van der Waals surface area (Å²) in [6, 6.07) is 3.58. The summed E-state index contributed by atoms with van der Waals surface area (Å²) in [4.78, 5) is 37.2. The van der Waals surface area contributed by atoms with Gasteiger partial charge in [-0.2, -0.15) is 0 Å². The lowest BCUT2D eigenvalue weighted by Gasteiger charge is -2.15. The van der Waals surface area contributed by atoms with Crippen LogP contribution in [0.1, 0.15) is 25.0 Å². The van der Waals surface area contributed by atoms with Crippen molar-refractivity contribution in [2.24, 2.45) is 11.8 Å². The molecule has 1 saturated heterocycles. The highest BCUT2D eigenvalue weighted by molar-refractivity contribution is 5.89. The highest BCUT2D eigenvalue weighted by atomic mass is 16.3. The van der Waals surface area contributed by atoms with Crippen molar-refractivity contribution in [3.05, 3.63) is 24.2 Å². The highest BCUT2D eigenvalue weighted by Gasteiger charge is 2.34. The van der Waals surface area contributed by atoms with E-state index in [-0.39, 0.29) is 36.0 Å². The van der Waals surface area contributed by atoms with Crippen molar-refractivity contribution in [2.45, 2.75) is 25.8 Å². The van der Waals surface area contributed by atoms with Crippen LogP contribution >= 0.6 is 0 Å². The molecule has 1 aromatic rings. The first-order valence-electron chi connectivity index (χ1n) is 7.99. The first kappa shape index (κ1) is 15.6. The second-order valence-electron chi connectivity index (χ2n) is 6.11. The van der Waals surface area contributed by atoms with E-state index in [1.165, 1.54) is 0 Å². The Morgan fingerprint density at radius 3 is 2.48 bits per heavy atom. The lowest BCUT2D eigenvalue weighted by atomic mass is 10.1. The van der Waals surface area contributed by atoms with Gasteiger partial charge in [-0.1, -0.05) is 0 Å². The molecule has 3 rings (SSSR count). The molecule has 1 aliphatic heterocycles. The van der Waals surface area contributed by atoms with E-state index in [0.29, 0.717) is 31.9 Å². The van der Waals surface area contributed by atoms with Crippen molar-refractivity contribution < 1.29 is 18.8 Å². The fraction of sp³-hybridized carbons (Fsp3) is 0.562. The van der Waals surface area contributed by atoms with Crippen molar-refractivity contribution in [1.82, 2.24) is 15.5 Å². The van der Waals surface area contributed by atoms with Crippen LogP contribution in [0, 0.1) is 11.8 Å². The predicted octanol–water partition coefficient (Wildman–Crippen LogP) is 0.270. The molecule has 3 amide bonds. The topological polar surface area (TPSA) is 91.7 Å². The number of carbonyl (C=O) groups excluding carboxylic acids is 3. The van der Waals surface area contributed by atoms with Crippen molar-refractivity contribution in [2.75, 3.05) is 19.6 Å². The summed E-state index contributed by atoms with van der Waals surface area (Å²) in [6.45, 7) is 1.62. The fourth-order valence-corrected chi connectivity index (χ4v) is 2.70. The van der Waals surface area contributed by atoms with Crippen molar-refractivity contribution in [1.29, 1.82) is 0 Å². The third-order valence-corrected chi connectivity index (χ3v) is 4.18. The first-order valence-corrected chi connectivity index (χ1v) is 7.99. The van der Waals surface area contributed by atoms with E-state index in [4.69, 9.17) is 4.42 Å². The number of hydrogen-bond donors (Lipinski definition) is 2. The zero-order valence-electron chi connectivity index (χ0n) is 12.9. The Morgan fingerprint density at radius 2 is 1.87 bits per heavy atom. The molecule has 0 aromatic carbocycles. The maximum Gasteiger partial charge on any atom is 0.225 e. The normalized spacial score (nSPS) is 20.6. The second-order valence-corrected chi connectivity index (χ2v) is 6.11. The van der Waals surface area contributed by atoms with Crippen LogP contribution in [-0.4, -0.2) is 42.3 Å². The van der Waals surface area contributed by atoms with Gasteiger partial charge in [-0.25, -0.2) is 0 Å². The van der Waals surface area contributed by atoms with E-state index in [0.717, 1.165) is 12.8 Å². The Balaban J connectivity index is 1.37. The lowest BCUT2D eigenvalue weighted by molar-refractivity contribution is -0.129. The zero-order valence-corrected chi connectivity index (χ0v) is 12.9. The van der Waals surface area contributed by atoms with Gasteiger partial charge < -0.3 is 20.0 Å². The van der Waals surface area contributed by atoms with Crippen LogP contribution in [0.15, 0.2) is 22.8 Å². The molecule has 23 heavy (non-hydrogen) atoms. The molecule has 1 unspecified atom stereocenters. The van der Waals surface area contributed by atoms with E-state index in [2.05, 4.69) is 10.6 Å². The molecule has 7 heteroatoms. The van der Waals surface area contributed by atoms with E-state index in [1.807, 2.05) is 6.07 Å². The SMILES string of the molecule is O=C(NCCNC(=O)C1CC(=O)N(Cc2ccco2)C1)C1CC1. The molecule has 124 valence electrons. The summed E-state index contributed by atoms with van der Waals surface area (Å²) < 4.78 is 5.23.